The number of aryl methyl sites for hydroxylation is 1. The van der Waals surface area contributed by atoms with Gasteiger partial charge in [0.1, 0.15) is 0 Å². The summed E-state index contributed by atoms with van der Waals surface area (Å²) in [6.07, 6.45) is 1.60. The molecule has 0 aromatic heterocycles. The zero-order valence-electron chi connectivity index (χ0n) is 12.5. The number of hydrogen-bond donors (Lipinski definition) is 1. The number of nitro benzene ring substituents is 1. The van der Waals surface area contributed by atoms with Crippen molar-refractivity contribution in [1.29, 1.82) is 0 Å². The van der Waals surface area contributed by atoms with Crippen LogP contribution in [0.4, 0.5) is 5.69 Å². The third-order valence-corrected chi connectivity index (χ3v) is 5.69. The monoisotopic (exact) mass is 349 g/mol. The highest BCUT2D eigenvalue weighted by Crippen LogP contribution is 2.29. The summed E-state index contributed by atoms with van der Waals surface area (Å²) in [6, 6.07) is 3.97. The van der Waals surface area contributed by atoms with Gasteiger partial charge in [0.05, 0.1) is 9.82 Å². The Hall–Kier alpha value is -1.22. The van der Waals surface area contributed by atoms with Crippen molar-refractivity contribution in [3.8, 4) is 0 Å². The lowest BCUT2D eigenvalue weighted by Crippen LogP contribution is -2.40. The van der Waals surface area contributed by atoms with Gasteiger partial charge in [0.2, 0.25) is 10.0 Å². The Labute approximate surface area is 136 Å². The molecule has 0 amide bonds. The Morgan fingerprint density at radius 2 is 2.14 bits per heavy atom. The van der Waals surface area contributed by atoms with Crippen LogP contribution in [0.25, 0.3) is 0 Å². The molecule has 1 saturated heterocycles. The number of hydrogen-bond acceptors (Lipinski definition) is 5. The quantitative estimate of drug-likeness (QED) is 0.645. The van der Waals surface area contributed by atoms with Crippen molar-refractivity contribution in [3.63, 3.8) is 0 Å². The molecule has 1 unspecified atom stereocenters. The molecule has 1 aromatic rings. The number of sulfonamides is 1. The van der Waals surface area contributed by atoms with Crippen LogP contribution in [0.2, 0.25) is 0 Å². The first-order valence-corrected chi connectivity index (χ1v) is 8.23. The molecule has 9 heteroatoms. The number of halogens is 1. The van der Waals surface area contributed by atoms with Gasteiger partial charge in [-0.05, 0) is 32.9 Å². The van der Waals surface area contributed by atoms with E-state index in [1.54, 1.807) is 14.0 Å². The second-order valence-corrected chi connectivity index (χ2v) is 7.07. The maximum atomic E-state index is 12.7. The topological polar surface area (TPSA) is 92.6 Å². The van der Waals surface area contributed by atoms with Crippen LogP contribution in [0, 0.1) is 17.0 Å². The highest BCUT2D eigenvalue weighted by Gasteiger charge is 2.35. The van der Waals surface area contributed by atoms with Crippen LogP contribution in [0.5, 0.6) is 0 Å². The highest BCUT2D eigenvalue weighted by atomic mass is 35.5. The summed E-state index contributed by atoms with van der Waals surface area (Å²) in [4.78, 5) is 10.4. The minimum atomic E-state index is -3.69. The summed E-state index contributed by atoms with van der Waals surface area (Å²) in [5, 5.41) is 14.0. The average molecular weight is 350 g/mol. The van der Waals surface area contributed by atoms with Crippen LogP contribution in [0.1, 0.15) is 18.4 Å². The van der Waals surface area contributed by atoms with E-state index in [1.165, 1.54) is 16.4 Å². The van der Waals surface area contributed by atoms with Gasteiger partial charge < -0.3 is 5.32 Å². The molecule has 0 saturated carbocycles. The third-order valence-electron chi connectivity index (χ3n) is 3.75. The standard InChI is InChI=1S/C13H19N3O4S.ClH/c1-10-5-6-12(8-13(10)16(17)18)21(19,20)15-7-3-4-11(15)9-14-2;/h5-6,8,11,14H,3-4,7,9H2,1-2H3;1H. The number of likely N-dealkylation sites (N-methyl/N-ethyl adjacent to an activating group) is 1. The molecular formula is C13H20ClN3O4S. The first kappa shape index (κ1) is 18.8. The van der Waals surface area contributed by atoms with Crippen LogP contribution >= 0.6 is 12.4 Å². The van der Waals surface area contributed by atoms with E-state index in [0.29, 0.717) is 18.7 Å². The maximum absolute atomic E-state index is 12.7. The Kier molecular flexibility index (Phi) is 6.30. The normalized spacial score (nSPS) is 18.9. The lowest BCUT2D eigenvalue weighted by atomic mass is 10.2. The van der Waals surface area contributed by atoms with Gasteiger partial charge in [-0.15, -0.1) is 12.4 Å². The van der Waals surface area contributed by atoms with E-state index in [2.05, 4.69) is 5.32 Å². The van der Waals surface area contributed by atoms with Gasteiger partial charge in [0.25, 0.3) is 5.69 Å². The van der Waals surface area contributed by atoms with E-state index in [-0.39, 0.29) is 29.0 Å². The van der Waals surface area contributed by atoms with Gasteiger partial charge in [-0.3, -0.25) is 10.1 Å². The summed E-state index contributed by atoms with van der Waals surface area (Å²) in [7, 11) is -1.92. The van der Waals surface area contributed by atoms with Crippen LogP contribution in [0.3, 0.4) is 0 Å². The van der Waals surface area contributed by atoms with Crippen LogP contribution < -0.4 is 5.32 Å². The Bertz CT molecular complexity index is 651. The molecule has 1 fully saturated rings. The zero-order chi connectivity index (χ0) is 15.6. The van der Waals surface area contributed by atoms with Crippen LogP contribution in [0.15, 0.2) is 23.1 Å². The predicted octanol–water partition coefficient (Wildman–Crippen LogP) is 1.70. The van der Waals surface area contributed by atoms with Gasteiger partial charge in [-0.25, -0.2) is 8.42 Å². The Morgan fingerprint density at radius 3 is 2.73 bits per heavy atom. The Balaban J connectivity index is 0.00000242. The van der Waals surface area contributed by atoms with Crippen molar-refractivity contribution >= 4 is 28.1 Å². The van der Waals surface area contributed by atoms with Crippen molar-refractivity contribution in [1.82, 2.24) is 9.62 Å². The molecule has 0 spiro atoms. The van der Waals surface area contributed by atoms with E-state index in [4.69, 9.17) is 0 Å². The summed E-state index contributed by atoms with van der Waals surface area (Å²) in [6.45, 7) is 2.62. The van der Waals surface area contributed by atoms with Gasteiger partial charge in [-0.2, -0.15) is 4.31 Å². The maximum Gasteiger partial charge on any atom is 0.273 e. The summed E-state index contributed by atoms with van der Waals surface area (Å²) < 4.78 is 26.8. The number of nitrogens with zero attached hydrogens (tertiary/aromatic N) is 2. The van der Waals surface area contributed by atoms with Gasteiger partial charge in [-0.1, -0.05) is 6.07 Å². The second kappa shape index (κ2) is 7.36. The molecule has 1 aliphatic rings. The lowest BCUT2D eigenvalue weighted by Gasteiger charge is -2.23. The molecule has 0 bridgehead atoms. The zero-order valence-corrected chi connectivity index (χ0v) is 14.1. The molecule has 1 aliphatic heterocycles. The molecule has 2 rings (SSSR count). The van der Waals surface area contributed by atoms with Gasteiger partial charge in [0.15, 0.2) is 0 Å². The number of rotatable bonds is 5. The minimum Gasteiger partial charge on any atom is -0.318 e. The van der Waals surface area contributed by atoms with Gasteiger partial charge in [0, 0.05) is 30.8 Å². The van der Waals surface area contributed by atoms with E-state index >= 15 is 0 Å². The first-order valence-electron chi connectivity index (χ1n) is 6.79. The average Bonchev–Trinajstić information content (AvgIpc) is 2.88. The molecule has 22 heavy (non-hydrogen) atoms. The van der Waals surface area contributed by atoms with E-state index in [1.807, 2.05) is 0 Å². The van der Waals surface area contributed by atoms with E-state index < -0.39 is 14.9 Å². The van der Waals surface area contributed by atoms with E-state index in [9.17, 15) is 18.5 Å². The third kappa shape index (κ3) is 3.57. The number of nitro groups is 1. The fraction of sp³-hybridized carbons (Fsp3) is 0.538. The van der Waals surface area contributed by atoms with Crippen molar-refractivity contribution in [3.05, 3.63) is 33.9 Å². The number of nitrogens with one attached hydrogen (secondary N) is 1. The van der Waals surface area contributed by atoms with Crippen molar-refractivity contribution < 1.29 is 13.3 Å². The van der Waals surface area contributed by atoms with Crippen molar-refractivity contribution in [2.75, 3.05) is 20.1 Å². The number of benzene rings is 1. The van der Waals surface area contributed by atoms with E-state index in [0.717, 1.165) is 18.9 Å². The molecule has 7 nitrogen and oxygen atoms in total. The summed E-state index contributed by atoms with van der Waals surface area (Å²) >= 11 is 0. The molecule has 0 radical (unpaired) electrons. The van der Waals surface area contributed by atoms with Crippen LogP contribution in [-0.4, -0.2) is 43.8 Å². The lowest BCUT2D eigenvalue weighted by molar-refractivity contribution is -0.385. The summed E-state index contributed by atoms with van der Waals surface area (Å²) in [5.41, 5.74) is 0.285. The predicted molar refractivity (Wildman–Crippen MR) is 85.9 cm³/mol. The molecule has 1 N–H and O–H groups in total. The fourth-order valence-electron chi connectivity index (χ4n) is 2.65. The van der Waals surface area contributed by atoms with Crippen molar-refractivity contribution in [2.45, 2.75) is 30.7 Å². The largest absolute Gasteiger partial charge is 0.318 e. The van der Waals surface area contributed by atoms with Crippen LogP contribution in [-0.2, 0) is 10.0 Å². The first-order chi connectivity index (χ1) is 9.87. The highest BCUT2D eigenvalue weighted by molar-refractivity contribution is 7.89. The molecule has 1 aromatic carbocycles. The molecular weight excluding hydrogens is 330 g/mol. The van der Waals surface area contributed by atoms with Crippen molar-refractivity contribution in [2.24, 2.45) is 0 Å². The second-order valence-electron chi connectivity index (χ2n) is 5.17. The van der Waals surface area contributed by atoms with Gasteiger partial charge >= 0.3 is 0 Å². The minimum absolute atomic E-state index is 0. The molecule has 1 heterocycles. The SMILES string of the molecule is CNCC1CCCN1S(=O)(=O)c1ccc(C)c([N+](=O)[O-])c1.Cl. The summed E-state index contributed by atoms with van der Waals surface area (Å²) in [5.74, 6) is 0. The Morgan fingerprint density at radius 1 is 1.45 bits per heavy atom. The molecule has 0 aliphatic carbocycles. The molecule has 1 atom stereocenters. The fourth-order valence-corrected chi connectivity index (χ4v) is 4.36. The smallest absolute Gasteiger partial charge is 0.273 e. The molecule has 124 valence electrons.